The lowest BCUT2D eigenvalue weighted by Crippen LogP contribution is -2.49. The van der Waals surface area contributed by atoms with Gasteiger partial charge in [0, 0.05) is 11.3 Å². The highest BCUT2D eigenvalue weighted by molar-refractivity contribution is 8.00. The maximum atomic E-state index is 12.8. The minimum absolute atomic E-state index is 0.0375. The van der Waals surface area contributed by atoms with Crippen LogP contribution in [0.2, 0.25) is 0 Å². The first-order valence-electron chi connectivity index (χ1n) is 8.18. The van der Waals surface area contributed by atoms with Gasteiger partial charge in [0.2, 0.25) is 5.91 Å². The summed E-state index contributed by atoms with van der Waals surface area (Å²) < 4.78 is 0.341. The Hall–Kier alpha value is -0.220. The highest BCUT2D eigenvalue weighted by Crippen LogP contribution is 2.44. The van der Waals surface area contributed by atoms with E-state index in [1.54, 1.807) is 0 Å². The van der Waals surface area contributed by atoms with Crippen molar-refractivity contribution >= 4 is 17.7 Å². The summed E-state index contributed by atoms with van der Waals surface area (Å²) >= 11 is 1.96. The summed E-state index contributed by atoms with van der Waals surface area (Å²) in [5.41, 5.74) is 0. The van der Waals surface area contributed by atoms with Crippen LogP contribution in [0.4, 0.5) is 0 Å². The van der Waals surface area contributed by atoms with Crippen LogP contribution in [-0.2, 0) is 4.79 Å². The molecule has 1 saturated heterocycles. The van der Waals surface area contributed by atoms with Crippen LogP contribution < -0.4 is 5.32 Å². The Bertz CT molecular complexity index is 338. The molecular weight excluding hydrogens is 268 g/mol. The van der Waals surface area contributed by atoms with Crippen LogP contribution in [-0.4, -0.2) is 40.6 Å². The molecule has 3 nitrogen and oxygen atoms in total. The molecule has 1 heterocycles. The molecule has 1 aliphatic heterocycles. The summed E-state index contributed by atoms with van der Waals surface area (Å²) in [4.78, 5) is 14.9. The van der Waals surface area contributed by atoms with E-state index in [0.29, 0.717) is 16.6 Å². The Labute approximate surface area is 128 Å². The van der Waals surface area contributed by atoms with Gasteiger partial charge in [-0.25, -0.2) is 0 Å². The number of rotatable bonds is 7. The predicted molar refractivity (Wildman–Crippen MR) is 86.9 cm³/mol. The van der Waals surface area contributed by atoms with Crippen LogP contribution in [0, 0.1) is 5.92 Å². The normalized spacial score (nSPS) is 30.4. The van der Waals surface area contributed by atoms with E-state index in [1.807, 2.05) is 11.8 Å². The van der Waals surface area contributed by atoms with E-state index in [1.165, 1.54) is 19.3 Å². The number of nitrogens with one attached hydrogen (secondary N) is 1. The van der Waals surface area contributed by atoms with Gasteiger partial charge in [-0.05, 0) is 31.4 Å². The molecule has 0 bridgehead atoms. The Morgan fingerprint density at radius 1 is 1.45 bits per heavy atom. The zero-order valence-corrected chi connectivity index (χ0v) is 14.3. The molecule has 0 spiro atoms. The average molecular weight is 298 g/mol. The number of nitrogens with zero attached hydrogens (tertiary/aromatic N) is 1. The van der Waals surface area contributed by atoms with Crippen molar-refractivity contribution in [3.05, 3.63) is 0 Å². The van der Waals surface area contributed by atoms with E-state index in [9.17, 15) is 4.79 Å². The minimum atomic E-state index is 0.0375. The zero-order chi connectivity index (χ0) is 14.8. The third-order valence-corrected chi connectivity index (χ3v) is 6.63. The summed E-state index contributed by atoms with van der Waals surface area (Å²) in [5, 5.41) is 3.60. The summed E-state index contributed by atoms with van der Waals surface area (Å²) in [6.07, 6.45) is 9.58. The van der Waals surface area contributed by atoms with Crippen molar-refractivity contribution in [2.45, 2.75) is 76.3 Å². The van der Waals surface area contributed by atoms with Crippen LogP contribution in [0.15, 0.2) is 0 Å². The minimum Gasteiger partial charge on any atom is -0.324 e. The van der Waals surface area contributed by atoms with Gasteiger partial charge in [0.15, 0.2) is 0 Å². The zero-order valence-electron chi connectivity index (χ0n) is 13.4. The van der Waals surface area contributed by atoms with Crippen LogP contribution in [0.1, 0.15) is 59.3 Å². The van der Waals surface area contributed by atoms with E-state index in [0.717, 1.165) is 25.8 Å². The van der Waals surface area contributed by atoms with Gasteiger partial charge in [-0.3, -0.25) is 10.1 Å². The number of amides is 1. The SMILES string of the molecule is CCCC1NC(C(C)CC)C(=O)N1CC1(SC)CCC1. The molecule has 0 radical (unpaired) electrons. The van der Waals surface area contributed by atoms with Crippen LogP contribution in [0.3, 0.4) is 0 Å². The lowest BCUT2D eigenvalue weighted by atomic mass is 9.83. The van der Waals surface area contributed by atoms with Crippen LogP contribution in [0.5, 0.6) is 0 Å². The molecule has 2 fully saturated rings. The van der Waals surface area contributed by atoms with Gasteiger partial charge >= 0.3 is 0 Å². The Balaban J connectivity index is 2.09. The fourth-order valence-corrected chi connectivity index (χ4v) is 4.32. The third-order valence-electron chi connectivity index (χ3n) is 5.23. The summed E-state index contributed by atoms with van der Waals surface area (Å²) in [6, 6.07) is 0.0375. The third kappa shape index (κ3) is 3.01. The number of thioether (sulfide) groups is 1. The lowest BCUT2D eigenvalue weighted by molar-refractivity contribution is -0.131. The average Bonchev–Trinajstić information content (AvgIpc) is 2.71. The lowest BCUT2D eigenvalue weighted by Gasteiger charge is -2.44. The van der Waals surface area contributed by atoms with E-state index in [4.69, 9.17) is 0 Å². The fourth-order valence-electron chi connectivity index (χ4n) is 3.35. The highest BCUT2D eigenvalue weighted by Gasteiger charge is 2.46. The molecule has 2 aliphatic rings. The molecular formula is C16H30N2OS. The Morgan fingerprint density at radius 2 is 2.15 bits per heavy atom. The van der Waals surface area contributed by atoms with Crippen molar-refractivity contribution in [1.82, 2.24) is 10.2 Å². The fraction of sp³-hybridized carbons (Fsp3) is 0.938. The summed E-state index contributed by atoms with van der Waals surface area (Å²) in [7, 11) is 0. The van der Waals surface area contributed by atoms with E-state index in [2.05, 4.69) is 37.2 Å². The standard InChI is InChI=1S/C16H30N2OS/c1-5-8-13-17-14(12(3)6-2)15(19)18(13)11-16(20-4)9-7-10-16/h12-14,17H,5-11H2,1-4H3. The molecule has 20 heavy (non-hydrogen) atoms. The molecule has 0 aromatic carbocycles. The van der Waals surface area contributed by atoms with Crippen molar-refractivity contribution in [2.24, 2.45) is 5.92 Å². The number of hydrogen-bond donors (Lipinski definition) is 1. The molecule has 116 valence electrons. The Kier molecular flexibility index (Phi) is 5.41. The molecule has 1 N–H and O–H groups in total. The van der Waals surface area contributed by atoms with E-state index >= 15 is 0 Å². The van der Waals surface area contributed by atoms with Crippen LogP contribution in [0.25, 0.3) is 0 Å². The number of hydrogen-bond acceptors (Lipinski definition) is 3. The summed E-state index contributed by atoms with van der Waals surface area (Å²) in [5.74, 6) is 0.775. The van der Waals surface area contributed by atoms with E-state index in [-0.39, 0.29) is 12.2 Å². The van der Waals surface area contributed by atoms with Gasteiger partial charge in [0.25, 0.3) is 0 Å². The molecule has 0 aromatic heterocycles. The number of carbonyl (C=O) groups excluding carboxylic acids is 1. The number of carbonyl (C=O) groups is 1. The maximum absolute atomic E-state index is 12.8. The predicted octanol–water partition coefficient (Wildman–Crippen LogP) is 3.24. The van der Waals surface area contributed by atoms with Crippen molar-refractivity contribution in [3.63, 3.8) is 0 Å². The summed E-state index contributed by atoms with van der Waals surface area (Å²) in [6.45, 7) is 7.51. The molecule has 2 rings (SSSR count). The van der Waals surface area contributed by atoms with Gasteiger partial charge < -0.3 is 4.90 Å². The first-order chi connectivity index (χ1) is 9.56. The van der Waals surface area contributed by atoms with E-state index < -0.39 is 0 Å². The van der Waals surface area contributed by atoms with Gasteiger partial charge in [0.05, 0.1) is 12.2 Å². The quantitative estimate of drug-likeness (QED) is 0.783. The van der Waals surface area contributed by atoms with Gasteiger partial charge in [-0.2, -0.15) is 11.8 Å². The monoisotopic (exact) mass is 298 g/mol. The van der Waals surface area contributed by atoms with Crippen molar-refractivity contribution in [3.8, 4) is 0 Å². The maximum Gasteiger partial charge on any atom is 0.241 e. The molecule has 0 aromatic rings. The molecule has 1 aliphatic carbocycles. The highest BCUT2D eigenvalue weighted by atomic mass is 32.2. The first kappa shape index (κ1) is 16.2. The second kappa shape index (κ2) is 6.69. The second-order valence-electron chi connectivity index (χ2n) is 6.54. The topological polar surface area (TPSA) is 32.3 Å². The van der Waals surface area contributed by atoms with Crippen LogP contribution >= 0.6 is 11.8 Å². The van der Waals surface area contributed by atoms with Gasteiger partial charge in [-0.15, -0.1) is 0 Å². The van der Waals surface area contributed by atoms with Gasteiger partial charge in [0.1, 0.15) is 0 Å². The van der Waals surface area contributed by atoms with Gasteiger partial charge in [-0.1, -0.05) is 40.0 Å². The molecule has 1 amide bonds. The van der Waals surface area contributed by atoms with Crippen molar-refractivity contribution in [2.75, 3.05) is 12.8 Å². The van der Waals surface area contributed by atoms with Crippen molar-refractivity contribution in [1.29, 1.82) is 0 Å². The molecule has 3 atom stereocenters. The Morgan fingerprint density at radius 3 is 2.60 bits per heavy atom. The smallest absolute Gasteiger partial charge is 0.241 e. The second-order valence-corrected chi connectivity index (χ2v) is 7.82. The molecule has 3 unspecified atom stereocenters. The largest absolute Gasteiger partial charge is 0.324 e. The van der Waals surface area contributed by atoms with Crippen molar-refractivity contribution < 1.29 is 4.79 Å². The molecule has 4 heteroatoms. The molecule has 1 saturated carbocycles. The first-order valence-corrected chi connectivity index (χ1v) is 9.41.